The number of hydrogen-bond acceptors (Lipinski definition) is 5. The average molecular weight is 318 g/mol. The molecule has 0 aliphatic carbocycles. The third-order valence-electron chi connectivity index (χ3n) is 4.18. The highest BCUT2D eigenvalue weighted by Crippen LogP contribution is 2.21. The minimum Gasteiger partial charge on any atom is -0.497 e. The third-order valence-corrected chi connectivity index (χ3v) is 4.18. The van der Waals surface area contributed by atoms with E-state index < -0.39 is 6.09 Å². The SMILES string of the molecule is COc1ccc(CC(=O)N2CCC(N3C(=O)COC3=O)C2)cc1. The third kappa shape index (κ3) is 3.13. The molecule has 2 heterocycles. The van der Waals surface area contributed by atoms with Crippen molar-refractivity contribution >= 4 is 17.9 Å². The van der Waals surface area contributed by atoms with Crippen molar-refractivity contribution < 1.29 is 23.9 Å². The lowest BCUT2D eigenvalue weighted by Crippen LogP contribution is -2.42. The topological polar surface area (TPSA) is 76.2 Å². The van der Waals surface area contributed by atoms with Crippen molar-refractivity contribution in [2.75, 3.05) is 26.8 Å². The predicted octanol–water partition coefficient (Wildman–Crippen LogP) is 0.817. The smallest absolute Gasteiger partial charge is 0.417 e. The quantitative estimate of drug-likeness (QED) is 0.821. The number of benzene rings is 1. The molecule has 1 atom stereocenters. The summed E-state index contributed by atoms with van der Waals surface area (Å²) in [4.78, 5) is 38.4. The van der Waals surface area contributed by atoms with Crippen molar-refractivity contribution in [3.63, 3.8) is 0 Å². The van der Waals surface area contributed by atoms with Gasteiger partial charge in [-0.05, 0) is 24.1 Å². The zero-order valence-corrected chi connectivity index (χ0v) is 12.9. The molecule has 2 fully saturated rings. The molecule has 122 valence electrons. The molecule has 0 saturated carbocycles. The fourth-order valence-electron chi connectivity index (χ4n) is 2.93. The summed E-state index contributed by atoms with van der Waals surface area (Å²) in [6, 6.07) is 7.05. The first-order valence-electron chi connectivity index (χ1n) is 7.48. The number of amides is 3. The summed E-state index contributed by atoms with van der Waals surface area (Å²) in [5.41, 5.74) is 0.899. The van der Waals surface area contributed by atoms with E-state index >= 15 is 0 Å². The highest BCUT2D eigenvalue weighted by molar-refractivity contribution is 5.98. The molecule has 1 aromatic carbocycles. The maximum absolute atomic E-state index is 12.4. The molecule has 3 rings (SSSR count). The van der Waals surface area contributed by atoms with E-state index in [-0.39, 0.29) is 30.9 Å². The lowest BCUT2D eigenvalue weighted by molar-refractivity contribution is -0.131. The Balaban J connectivity index is 1.58. The molecule has 23 heavy (non-hydrogen) atoms. The average Bonchev–Trinajstić information content (AvgIpc) is 3.15. The Kier molecular flexibility index (Phi) is 4.18. The van der Waals surface area contributed by atoms with Crippen LogP contribution in [-0.2, 0) is 20.7 Å². The minimum atomic E-state index is -0.607. The molecule has 0 aromatic heterocycles. The molecule has 3 amide bonds. The molecule has 2 saturated heterocycles. The van der Waals surface area contributed by atoms with Gasteiger partial charge in [0.05, 0.1) is 19.6 Å². The number of carbonyl (C=O) groups excluding carboxylic acids is 3. The monoisotopic (exact) mass is 318 g/mol. The van der Waals surface area contributed by atoms with Crippen LogP contribution < -0.4 is 4.74 Å². The zero-order valence-electron chi connectivity index (χ0n) is 12.9. The van der Waals surface area contributed by atoms with Gasteiger partial charge in [0.1, 0.15) is 5.75 Å². The maximum atomic E-state index is 12.4. The van der Waals surface area contributed by atoms with Gasteiger partial charge in [0.2, 0.25) is 5.91 Å². The van der Waals surface area contributed by atoms with Crippen LogP contribution in [0.4, 0.5) is 4.79 Å². The van der Waals surface area contributed by atoms with Gasteiger partial charge >= 0.3 is 6.09 Å². The van der Waals surface area contributed by atoms with Crippen LogP contribution in [0.2, 0.25) is 0 Å². The van der Waals surface area contributed by atoms with E-state index in [1.165, 1.54) is 0 Å². The van der Waals surface area contributed by atoms with Crippen molar-refractivity contribution in [1.29, 1.82) is 0 Å². The normalized spacial score (nSPS) is 20.8. The van der Waals surface area contributed by atoms with Crippen molar-refractivity contribution in [3.05, 3.63) is 29.8 Å². The summed E-state index contributed by atoms with van der Waals surface area (Å²) in [7, 11) is 1.59. The van der Waals surface area contributed by atoms with Gasteiger partial charge in [0.15, 0.2) is 6.61 Å². The van der Waals surface area contributed by atoms with E-state index in [0.29, 0.717) is 19.5 Å². The maximum Gasteiger partial charge on any atom is 0.417 e. The predicted molar refractivity (Wildman–Crippen MR) is 79.9 cm³/mol. The summed E-state index contributed by atoms with van der Waals surface area (Å²) < 4.78 is 9.81. The van der Waals surface area contributed by atoms with Crippen LogP contribution in [-0.4, -0.2) is 60.6 Å². The van der Waals surface area contributed by atoms with Crippen molar-refractivity contribution in [2.24, 2.45) is 0 Å². The van der Waals surface area contributed by atoms with Gasteiger partial charge in [0, 0.05) is 13.1 Å². The standard InChI is InChI=1S/C16H18N2O5/c1-22-13-4-2-11(3-5-13)8-14(19)17-7-6-12(9-17)18-15(20)10-23-16(18)21/h2-5,12H,6-10H2,1H3. The molecule has 1 aromatic rings. The first kappa shape index (κ1) is 15.3. The number of ether oxygens (including phenoxy) is 2. The fraction of sp³-hybridized carbons (Fsp3) is 0.438. The largest absolute Gasteiger partial charge is 0.497 e. The van der Waals surface area contributed by atoms with E-state index in [2.05, 4.69) is 0 Å². The highest BCUT2D eigenvalue weighted by atomic mass is 16.6. The summed E-state index contributed by atoms with van der Waals surface area (Å²) >= 11 is 0. The number of nitrogens with zero attached hydrogens (tertiary/aromatic N) is 2. The van der Waals surface area contributed by atoms with Gasteiger partial charge in [0.25, 0.3) is 5.91 Å². The Bertz CT molecular complexity index is 612. The number of methoxy groups -OCH3 is 1. The van der Waals surface area contributed by atoms with Crippen LogP contribution in [0.3, 0.4) is 0 Å². The van der Waals surface area contributed by atoms with Crippen molar-refractivity contribution in [3.8, 4) is 5.75 Å². The molecule has 2 aliphatic heterocycles. The number of rotatable bonds is 4. The first-order valence-corrected chi connectivity index (χ1v) is 7.48. The molecule has 0 N–H and O–H groups in total. The van der Waals surface area contributed by atoms with Crippen molar-refractivity contribution in [2.45, 2.75) is 18.9 Å². The lowest BCUT2D eigenvalue weighted by Gasteiger charge is -2.20. The number of likely N-dealkylation sites (tertiary alicyclic amines) is 1. The van der Waals surface area contributed by atoms with E-state index in [1.807, 2.05) is 24.3 Å². The van der Waals surface area contributed by atoms with Gasteiger partial charge in [-0.3, -0.25) is 9.59 Å². The Hall–Kier alpha value is -2.57. The number of imide groups is 1. The van der Waals surface area contributed by atoms with Crippen LogP contribution in [0.15, 0.2) is 24.3 Å². The Morgan fingerprint density at radius 2 is 2.04 bits per heavy atom. The van der Waals surface area contributed by atoms with Gasteiger partial charge < -0.3 is 14.4 Å². The first-order chi connectivity index (χ1) is 11.1. The van der Waals surface area contributed by atoms with Crippen LogP contribution in [0.5, 0.6) is 5.75 Å². The number of cyclic esters (lactones) is 1. The fourth-order valence-corrected chi connectivity index (χ4v) is 2.93. The van der Waals surface area contributed by atoms with Crippen molar-refractivity contribution in [1.82, 2.24) is 9.80 Å². The van der Waals surface area contributed by atoms with Crippen LogP contribution in [0, 0.1) is 0 Å². The summed E-state index contributed by atoms with van der Waals surface area (Å²) in [6.07, 6.45) is 0.272. The van der Waals surface area contributed by atoms with Crippen LogP contribution in [0.25, 0.3) is 0 Å². The Labute approximate surface area is 133 Å². The second-order valence-corrected chi connectivity index (χ2v) is 5.63. The summed E-state index contributed by atoms with van der Waals surface area (Å²) in [6.45, 7) is 0.710. The minimum absolute atomic E-state index is 0.0160. The summed E-state index contributed by atoms with van der Waals surface area (Å²) in [5, 5.41) is 0. The highest BCUT2D eigenvalue weighted by Gasteiger charge is 2.41. The molecule has 0 radical (unpaired) electrons. The van der Waals surface area contributed by atoms with E-state index in [9.17, 15) is 14.4 Å². The lowest BCUT2D eigenvalue weighted by atomic mass is 10.1. The van der Waals surface area contributed by atoms with Crippen LogP contribution in [0.1, 0.15) is 12.0 Å². The van der Waals surface area contributed by atoms with Gasteiger partial charge in [-0.2, -0.15) is 0 Å². The Morgan fingerprint density at radius 1 is 1.30 bits per heavy atom. The molecular weight excluding hydrogens is 300 g/mol. The van der Waals surface area contributed by atoms with Gasteiger partial charge in [-0.1, -0.05) is 12.1 Å². The number of hydrogen-bond donors (Lipinski definition) is 0. The Morgan fingerprint density at radius 3 is 2.65 bits per heavy atom. The van der Waals surface area contributed by atoms with Gasteiger partial charge in [-0.25, -0.2) is 9.69 Å². The molecule has 0 spiro atoms. The molecule has 7 nitrogen and oxygen atoms in total. The van der Waals surface area contributed by atoms with E-state index in [1.54, 1.807) is 12.0 Å². The van der Waals surface area contributed by atoms with E-state index in [0.717, 1.165) is 16.2 Å². The molecule has 7 heteroatoms. The molecular formula is C16H18N2O5. The number of carbonyl (C=O) groups is 3. The second kappa shape index (κ2) is 6.28. The van der Waals surface area contributed by atoms with Crippen LogP contribution >= 0.6 is 0 Å². The molecule has 0 bridgehead atoms. The van der Waals surface area contributed by atoms with Gasteiger partial charge in [-0.15, -0.1) is 0 Å². The summed E-state index contributed by atoms with van der Waals surface area (Å²) in [5.74, 6) is 0.399. The zero-order chi connectivity index (χ0) is 16.4. The second-order valence-electron chi connectivity index (χ2n) is 5.63. The van der Waals surface area contributed by atoms with E-state index in [4.69, 9.17) is 9.47 Å². The molecule has 1 unspecified atom stereocenters. The molecule has 2 aliphatic rings.